The van der Waals surface area contributed by atoms with Crippen molar-refractivity contribution in [3.63, 3.8) is 0 Å². The first-order valence-electron chi connectivity index (χ1n) is 11.2. The monoisotopic (exact) mass is 512 g/mol. The lowest BCUT2D eigenvalue weighted by Gasteiger charge is -2.31. The molecule has 0 aromatic heterocycles. The summed E-state index contributed by atoms with van der Waals surface area (Å²) in [7, 11) is 2.20. The maximum Gasteiger partial charge on any atom is 0.264 e. The summed E-state index contributed by atoms with van der Waals surface area (Å²) in [6, 6.07) is 14.7. The van der Waals surface area contributed by atoms with Gasteiger partial charge in [0.1, 0.15) is 5.75 Å². The molecular formula is C26H28N2O7S. The maximum absolute atomic E-state index is 13.4. The number of anilines is 2. The highest BCUT2D eigenvalue weighted by Gasteiger charge is 2.29. The van der Waals surface area contributed by atoms with Crippen molar-refractivity contribution in [2.24, 2.45) is 0 Å². The predicted molar refractivity (Wildman–Crippen MR) is 136 cm³/mol. The summed E-state index contributed by atoms with van der Waals surface area (Å²) >= 11 is 0. The van der Waals surface area contributed by atoms with Crippen molar-refractivity contribution in [3.05, 3.63) is 65.7 Å². The number of methoxy groups -OCH3 is 4. The Morgan fingerprint density at radius 2 is 1.58 bits per heavy atom. The fourth-order valence-corrected chi connectivity index (χ4v) is 5.78. The molecule has 190 valence electrons. The molecule has 0 bridgehead atoms. The van der Waals surface area contributed by atoms with Crippen LogP contribution >= 0.6 is 0 Å². The van der Waals surface area contributed by atoms with Crippen LogP contribution in [0.2, 0.25) is 0 Å². The van der Waals surface area contributed by atoms with Crippen LogP contribution in [0, 0.1) is 0 Å². The highest BCUT2D eigenvalue weighted by molar-refractivity contribution is 7.92. The number of fused-ring (bicyclic) bond motifs is 1. The van der Waals surface area contributed by atoms with Gasteiger partial charge >= 0.3 is 0 Å². The molecule has 36 heavy (non-hydrogen) atoms. The van der Waals surface area contributed by atoms with E-state index in [1.54, 1.807) is 42.5 Å². The van der Waals surface area contributed by atoms with Crippen LogP contribution in [0.15, 0.2) is 59.5 Å². The molecule has 1 amide bonds. The number of carbonyl (C=O) groups is 1. The summed E-state index contributed by atoms with van der Waals surface area (Å²) in [5.74, 6) is 1.20. The van der Waals surface area contributed by atoms with Gasteiger partial charge in [-0.15, -0.1) is 0 Å². The Labute approximate surface area is 210 Å². The first kappa shape index (κ1) is 25.2. The Hall–Kier alpha value is -3.92. The standard InChI is InChI=1S/C26H28N2O7S/c1-32-19-8-10-20(11-9-19)36(30,31)28-15-5-6-17-16-18(7-13-22(17)28)27-26(29)21-12-14-23(33-2)25(35-4)24(21)34-3/h7-14,16H,5-6,15H2,1-4H3,(H,27,29). The van der Waals surface area contributed by atoms with E-state index >= 15 is 0 Å². The smallest absolute Gasteiger partial charge is 0.264 e. The molecule has 0 unspecified atom stereocenters. The zero-order chi connectivity index (χ0) is 25.9. The minimum absolute atomic E-state index is 0.189. The normalized spacial score (nSPS) is 12.9. The predicted octanol–water partition coefficient (Wildman–Crippen LogP) is 4.11. The molecule has 1 aliphatic heterocycles. The van der Waals surface area contributed by atoms with Crippen LogP contribution in [-0.2, 0) is 16.4 Å². The van der Waals surface area contributed by atoms with E-state index in [4.69, 9.17) is 18.9 Å². The topological polar surface area (TPSA) is 103 Å². The summed E-state index contributed by atoms with van der Waals surface area (Å²) < 4.78 is 49.3. The SMILES string of the molecule is COc1ccc(S(=O)(=O)N2CCCc3cc(NC(=O)c4ccc(OC)c(OC)c4OC)ccc32)cc1. The van der Waals surface area contributed by atoms with Gasteiger partial charge in [-0.25, -0.2) is 8.42 Å². The third-order valence-electron chi connectivity index (χ3n) is 6.01. The number of hydrogen-bond acceptors (Lipinski definition) is 7. The maximum atomic E-state index is 13.4. The molecule has 1 aliphatic rings. The zero-order valence-electron chi connectivity index (χ0n) is 20.5. The zero-order valence-corrected chi connectivity index (χ0v) is 21.3. The van der Waals surface area contributed by atoms with Crippen molar-refractivity contribution >= 4 is 27.3 Å². The highest BCUT2D eigenvalue weighted by Crippen LogP contribution is 2.40. The van der Waals surface area contributed by atoms with Crippen molar-refractivity contribution in [1.29, 1.82) is 0 Å². The second kappa shape index (κ2) is 10.4. The Balaban J connectivity index is 1.61. The number of benzene rings is 3. The van der Waals surface area contributed by atoms with Gasteiger partial charge in [-0.2, -0.15) is 0 Å². The summed E-state index contributed by atoms with van der Waals surface area (Å²) in [5.41, 5.74) is 2.24. The molecule has 0 aliphatic carbocycles. The van der Waals surface area contributed by atoms with E-state index < -0.39 is 15.9 Å². The molecule has 0 atom stereocenters. The number of amides is 1. The van der Waals surface area contributed by atoms with Crippen molar-refractivity contribution in [2.45, 2.75) is 17.7 Å². The highest BCUT2D eigenvalue weighted by atomic mass is 32.2. The molecule has 3 aromatic carbocycles. The number of aryl methyl sites for hydroxylation is 1. The van der Waals surface area contributed by atoms with Crippen LogP contribution in [0.3, 0.4) is 0 Å². The molecule has 0 saturated heterocycles. The first-order chi connectivity index (χ1) is 17.3. The second-order valence-corrected chi connectivity index (χ2v) is 9.90. The Bertz CT molecular complexity index is 1370. The minimum atomic E-state index is -3.75. The number of sulfonamides is 1. The molecule has 10 heteroatoms. The van der Waals surface area contributed by atoms with Gasteiger partial charge in [0.05, 0.1) is 44.6 Å². The van der Waals surface area contributed by atoms with Crippen molar-refractivity contribution in [3.8, 4) is 23.0 Å². The van der Waals surface area contributed by atoms with E-state index in [2.05, 4.69) is 5.32 Å². The van der Waals surface area contributed by atoms with Gasteiger partial charge in [0.25, 0.3) is 15.9 Å². The number of ether oxygens (including phenoxy) is 4. The van der Waals surface area contributed by atoms with Crippen LogP contribution in [0.25, 0.3) is 0 Å². The van der Waals surface area contributed by atoms with Gasteiger partial charge in [0, 0.05) is 12.2 Å². The van der Waals surface area contributed by atoms with E-state index in [1.165, 1.54) is 44.9 Å². The molecule has 0 fully saturated rings. The van der Waals surface area contributed by atoms with Gasteiger partial charge in [-0.3, -0.25) is 9.10 Å². The molecule has 0 saturated carbocycles. The Morgan fingerprint density at radius 3 is 2.22 bits per heavy atom. The molecule has 4 rings (SSSR count). The van der Waals surface area contributed by atoms with E-state index in [0.29, 0.717) is 48.0 Å². The van der Waals surface area contributed by atoms with Crippen molar-refractivity contribution in [2.75, 3.05) is 44.6 Å². The van der Waals surface area contributed by atoms with Gasteiger partial charge in [0.15, 0.2) is 11.5 Å². The lowest BCUT2D eigenvalue weighted by Crippen LogP contribution is -2.35. The lowest BCUT2D eigenvalue weighted by atomic mass is 10.0. The minimum Gasteiger partial charge on any atom is -0.497 e. The molecule has 0 radical (unpaired) electrons. The van der Waals surface area contributed by atoms with Gasteiger partial charge in [-0.1, -0.05) is 0 Å². The number of nitrogens with one attached hydrogen (secondary N) is 1. The summed E-state index contributed by atoms with van der Waals surface area (Å²) in [6.07, 6.45) is 1.34. The number of nitrogens with zero attached hydrogens (tertiary/aromatic N) is 1. The molecular weight excluding hydrogens is 484 g/mol. The Kier molecular flexibility index (Phi) is 7.25. The van der Waals surface area contributed by atoms with Gasteiger partial charge in [0.2, 0.25) is 5.75 Å². The molecule has 1 heterocycles. The van der Waals surface area contributed by atoms with Crippen LogP contribution in [0.5, 0.6) is 23.0 Å². The number of carbonyl (C=O) groups excluding carboxylic acids is 1. The van der Waals surface area contributed by atoms with Crippen molar-refractivity contribution in [1.82, 2.24) is 0 Å². The molecule has 1 N–H and O–H groups in total. The Morgan fingerprint density at radius 1 is 0.861 bits per heavy atom. The molecule has 3 aromatic rings. The third-order valence-corrected chi connectivity index (χ3v) is 7.84. The number of hydrogen-bond donors (Lipinski definition) is 1. The van der Waals surface area contributed by atoms with Gasteiger partial charge < -0.3 is 24.3 Å². The number of rotatable bonds is 8. The fraction of sp³-hybridized carbons (Fsp3) is 0.269. The average Bonchev–Trinajstić information content (AvgIpc) is 2.91. The van der Waals surface area contributed by atoms with Crippen LogP contribution in [-0.4, -0.2) is 49.3 Å². The van der Waals surface area contributed by atoms with Crippen LogP contribution < -0.4 is 28.6 Å². The van der Waals surface area contributed by atoms with Crippen LogP contribution in [0.4, 0.5) is 11.4 Å². The molecule has 0 spiro atoms. The van der Waals surface area contributed by atoms with E-state index in [-0.39, 0.29) is 16.2 Å². The largest absolute Gasteiger partial charge is 0.497 e. The molecule has 9 nitrogen and oxygen atoms in total. The summed E-state index contributed by atoms with van der Waals surface area (Å²) in [4.78, 5) is 13.3. The van der Waals surface area contributed by atoms with E-state index in [1.807, 2.05) is 0 Å². The van der Waals surface area contributed by atoms with Crippen molar-refractivity contribution < 1.29 is 32.2 Å². The summed E-state index contributed by atoms with van der Waals surface area (Å²) in [5, 5.41) is 2.87. The average molecular weight is 513 g/mol. The summed E-state index contributed by atoms with van der Waals surface area (Å²) in [6.45, 7) is 0.371. The fourth-order valence-electron chi connectivity index (χ4n) is 4.24. The van der Waals surface area contributed by atoms with E-state index in [0.717, 1.165) is 5.56 Å². The van der Waals surface area contributed by atoms with E-state index in [9.17, 15) is 13.2 Å². The van der Waals surface area contributed by atoms with Gasteiger partial charge in [-0.05, 0) is 73.0 Å². The lowest BCUT2D eigenvalue weighted by molar-refractivity contribution is 0.102. The third kappa shape index (κ3) is 4.64. The first-order valence-corrected chi connectivity index (χ1v) is 12.7. The quantitative estimate of drug-likeness (QED) is 0.484. The van der Waals surface area contributed by atoms with Crippen LogP contribution in [0.1, 0.15) is 22.3 Å². The second-order valence-electron chi connectivity index (χ2n) is 8.04.